The Labute approximate surface area is 217 Å². The molecule has 194 valence electrons. The number of anilines is 1. The minimum absolute atomic E-state index is 0.320. The molecule has 0 aliphatic rings. The number of hydrogen-bond donors (Lipinski definition) is 2. The van der Waals surface area contributed by atoms with Gasteiger partial charge in [-0.2, -0.15) is 0 Å². The number of nitrogens with one attached hydrogen (secondary N) is 2. The molecule has 3 aromatic carbocycles. The zero-order valence-corrected chi connectivity index (χ0v) is 20.6. The number of benzene rings is 3. The van der Waals surface area contributed by atoms with Gasteiger partial charge in [-0.3, -0.25) is 4.72 Å². The van der Waals surface area contributed by atoms with Crippen LogP contribution in [0.4, 0.5) is 23.7 Å². The molecule has 14 heteroatoms. The van der Waals surface area contributed by atoms with Crippen molar-refractivity contribution in [1.29, 1.82) is 0 Å². The van der Waals surface area contributed by atoms with Crippen molar-refractivity contribution >= 4 is 51.9 Å². The second-order valence-corrected chi connectivity index (χ2v) is 8.64. The normalized spacial score (nSPS) is 11.9. The number of hydrogen-bond acceptors (Lipinski definition) is 8. The van der Waals surface area contributed by atoms with Crippen molar-refractivity contribution in [3.8, 4) is 11.4 Å². The number of aryl methyl sites for hydroxylation is 2. The van der Waals surface area contributed by atoms with Crippen LogP contribution in [0, 0.1) is 13.8 Å². The van der Waals surface area contributed by atoms with E-state index in [2.05, 4.69) is 34.6 Å². The van der Waals surface area contributed by atoms with Gasteiger partial charge in [0.2, 0.25) is 0 Å². The maximum atomic E-state index is 12.4. The van der Waals surface area contributed by atoms with E-state index in [9.17, 15) is 18.0 Å². The molecule has 5 aromatic rings. The van der Waals surface area contributed by atoms with Crippen LogP contribution in [0.15, 0.2) is 63.5 Å². The molecule has 0 radical (unpaired) electrons. The predicted octanol–water partition coefficient (Wildman–Crippen LogP) is 5.88. The minimum atomic E-state index is -4.76. The monoisotopic (exact) mass is 541 g/mol. The third-order valence-corrected chi connectivity index (χ3v) is 5.92. The summed E-state index contributed by atoms with van der Waals surface area (Å²) in [4.78, 5) is 12.0. The molecule has 38 heavy (non-hydrogen) atoms. The molecule has 0 bridgehead atoms. The zero-order chi connectivity index (χ0) is 26.9. The first-order chi connectivity index (χ1) is 18.2. The average Bonchev–Trinajstić information content (AvgIpc) is 3.45. The summed E-state index contributed by atoms with van der Waals surface area (Å²) in [5, 5.41) is 16.6. The fraction of sp³-hybridized carbons (Fsp3) is 0.125. The van der Waals surface area contributed by atoms with Gasteiger partial charge < -0.3 is 14.6 Å². The number of nitrogens with zero attached hydrogens (tertiary/aromatic N) is 5. The lowest BCUT2D eigenvalue weighted by atomic mass is 10.1. The third kappa shape index (κ3) is 5.39. The summed E-state index contributed by atoms with van der Waals surface area (Å²) in [7, 11) is 0. The first-order valence-corrected chi connectivity index (χ1v) is 11.8. The van der Waals surface area contributed by atoms with Gasteiger partial charge in [0.15, 0.2) is 5.76 Å². The van der Waals surface area contributed by atoms with E-state index in [-0.39, 0.29) is 5.75 Å². The standard InChI is InChI=1S/C24H18F3N7O3S/c1-13-21(14(2)37-31-13)29-23(35)32-38-28-12-15-3-9-19-16(11-15)4-10-20-22(19)30-33-34(20)17-5-7-18(8-6-17)36-24(25,26)27/h3-12H,1-2H3,(H2,29,32,35). The van der Waals surface area contributed by atoms with E-state index in [0.717, 1.165) is 28.5 Å². The highest BCUT2D eigenvalue weighted by atomic mass is 32.2. The predicted molar refractivity (Wildman–Crippen MR) is 136 cm³/mol. The lowest BCUT2D eigenvalue weighted by molar-refractivity contribution is -0.274. The quantitative estimate of drug-likeness (QED) is 0.203. The number of amides is 2. The van der Waals surface area contributed by atoms with Crippen LogP contribution in [0.2, 0.25) is 0 Å². The molecule has 0 spiro atoms. The Bertz CT molecular complexity index is 1640. The summed E-state index contributed by atoms with van der Waals surface area (Å²) in [6, 6.07) is 14.3. The molecule has 0 saturated heterocycles. The summed E-state index contributed by atoms with van der Waals surface area (Å²) in [6.07, 6.45) is -3.16. The van der Waals surface area contributed by atoms with E-state index in [1.807, 2.05) is 30.3 Å². The molecule has 0 atom stereocenters. The van der Waals surface area contributed by atoms with E-state index >= 15 is 0 Å². The molecule has 0 aliphatic carbocycles. The van der Waals surface area contributed by atoms with E-state index in [1.54, 1.807) is 20.1 Å². The van der Waals surface area contributed by atoms with E-state index in [4.69, 9.17) is 4.52 Å². The number of ether oxygens (including phenoxy) is 1. The number of alkyl halides is 3. The van der Waals surface area contributed by atoms with E-state index in [1.165, 1.54) is 28.9 Å². The molecule has 2 amide bonds. The highest BCUT2D eigenvalue weighted by Gasteiger charge is 2.31. The molecular formula is C24H18F3N7O3S. The highest BCUT2D eigenvalue weighted by molar-refractivity contribution is 7.96. The van der Waals surface area contributed by atoms with Crippen molar-refractivity contribution in [1.82, 2.24) is 24.9 Å². The summed E-state index contributed by atoms with van der Waals surface area (Å²) < 4.78 is 54.5. The van der Waals surface area contributed by atoms with Crippen LogP contribution in [-0.4, -0.2) is 38.8 Å². The van der Waals surface area contributed by atoms with Gasteiger partial charge in [-0.05, 0) is 61.2 Å². The fourth-order valence-electron chi connectivity index (χ4n) is 3.75. The fourth-order valence-corrected chi connectivity index (χ4v) is 4.11. The Hall–Kier alpha value is -4.59. The minimum Gasteiger partial charge on any atom is -0.406 e. The first-order valence-electron chi connectivity index (χ1n) is 11.0. The van der Waals surface area contributed by atoms with Gasteiger partial charge in [0.25, 0.3) is 0 Å². The van der Waals surface area contributed by atoms with Crippen LogP contribution in [0.25, 0.3) is 27.5 Å². The Morgan fingerprint density at radius 1 is 1.13 bits per heavy atom. The van der Waals surface area contributed by atoms with Crippen LogP contribution >= 0.6 is 12.1 Å². The van der Waals surface area contributed by atoms with Crippen molar-refractivity contribution in [2.24, 2.45) is 4.40 Å². The van der Waals surface area contributed by atoms with E-state index in [0.29, 0.717) is 33.9 Å². The summed E-state index contributed by atoms with van der Waals surface area (Å²) >= 11 is 0.862. The molecule has 2 N–H and O–H groups in total. The molecule has 0 saturated carbocycles. The Morgan fingerprint density at radius 2 is 1.92 bits per heavy atom. The Morgan fingerprint density at radius 3 is 2.63 bits per heavy atom. The van der Waals surface area contributed by atoms with Crippen LogP contribution < -0.4 is 14.8 Å². The van der Waals surface area contributed by atoms with Crippen LogP contribution in [0.3, 0.4) is 0 Å². The number of halogens is 3. The lowest BCUT2D eigenvalue weighted by Gasteiger charge is -2.09. The van der Waals surface area contributed by atoms with Gasteiger partial charge in [-0.1, -0.05) is 28.6 Å². The van der Waals surface area contributed by atoms with Crippen molar-refractivity contribution in [2.45, 2.75) is 20.2 Å². The second-order valence-electron chi connectivity index (χ2n) is 8.04. The summed E-state index contributed by atoms with van der Waals surface area (Å²) in [5.41, 5.74) is 3.74. The Balaban J connectivity index is 1.28. The average molecular weight is 542 g/mol. The van der Waals surface area contributed by atoms with Crippen molar-refractivity contribution in [3.05, 3.63) is 71.6 Å². The molecule has 0 unspecified atom stereocenters. The van der Waals surface area contributed by atoms with Crippen LogP contribution in [0.1, 0.15) is 17.0 Å². The smallest absolute Gasteiger partial charge is 0.406 e. The molecule has 10 nitrogen and oxygen atoms in total. The van der Waals surface area contributed by atoms with E-state index < -0.39 is 12.4 Å². The number of carbonyl (C=O) groups excluding carboxylic acids is 1. The van der Waals surface area contributed by atoms with Crippen molar-refractivity contribution < 1.29 is 27.2 Å². The number of urea groups is 1. The molecule has 5 rings (SSSR count). The number of fused-ring (bicyclic) bond motifs is 3. The van der Waals surface area contributed by atoms with Crippen molar-refractivity contribution in [3.63, 3.8) is 0 Å². The van der Waals surface area contributed by atoms with Gasteiger partial charge in [-0.25, -0.2) is 13.9 Å². The van der Waals surface area contributed by atoms with Crippen LogP contribution in [-0.2, 0) is 0 Å². The number of carbonyl (C=O) groups is 1. The number of rotatable bonds is 6. The maximum absolute atomic E-state index is 12.4. The van der Waals surface area contributed by atoms with Gasteiger partial charge in [0.05, 0.1) is 23.3 Å². The van der Waals surface area contributed by atoms with Crippen molar-refractivity contribution in [2.75, 3.05) is 5.32 Å². The third-order valence-electron chi connectivity index (χ3n) is 5.44. The maximum Gasteiger partial charge on any atom is 0.573 e. The SMILES string of the molecule is Cc1noc(C)c1NC(=O)NSN=Cc1ccc2c(ccc3c2nnn3-c2ccc(OC(F)(F)F)cc2)c1. The topological polar surface area (TPSA) is 119 Å². The second kappa shape index (κ2) is 10.0. The lowest BCUT2D eigenvalue weighted by Crippen LogP contribution is -2.22. The van der Waals surface area contributed by atoms with Gasteiger partial charge in [0, 0.05) is 11.6 Å². The van der Waals surface area contributed by atoms with Gasteiger partial charge in [-0.15, -0.1) is 18.3 Å². The molecule has 0 fully saturated rings. The molecule has 2 aromatic heterocycles. The Kier molecular flexibility index (Phi) is 6.63. The highest BCUT2D eigenvalue weighted by Crippen LogP contribution is 2.28. The van der Waals surface area contributed by atoms with Gasteiger partial charge >= 0.3 is 12.4 Å². The largest absolute Gasteiger partial charge is 0.573 e. The number of aromatic nitrogens is 4. The van der Waals surface area contributed by atoms with Crippen LogP contribution in [0.5, 0.6) is 5.75 Å². The zero-order valence-electron chi connectivity index (χ0n) is 19.8. The summed E-state index contributed by atoms with van der Waals surface area (Å²) in [5.74, 6) is 0.185. The van der Waals surface area contributed by atoms with Gasteiger partial charge in [0.1, 0.15) is 22.6 Å². The molecule has 2 heterocycles. The summed E-state index contributed by atoms with van der Waals surface area (Å²) in [6.45, 7) is 3.42. The molecule has 0 aliphatic heterocycles. The first kappa shape index (κ1) is 25.1. The molecular weight excluding hydrogens is 523 g/mol.